The van der Waals surface area contributed by atoms with Gasteiger partial charge in [0.1, 0.15) is 0 Å². The van der Waals surface area contributed by atoms with Gasteiger partial charge in [-0.25, -0.2) is 4.98 Å². The average Bonchev–Trinajstić information content (AvgIpc) is 2.91. The van der Waals surface area contributed by atoms with Gasteiger partial charge in [-0.2, -0.15) is 0 Å². The van der Waals surface area contributed by atoms with E-state index in [1.54, 1.807) is 11.3 Å². The van der Waals surface area contributed by atoms with Gasteiger partial charge in [0, 0.05) is 18.4 Å². The first-order valence-electron chi connectivity index (χ1n) is 5.39. The molecule has 0 amide bonds. The van der Waals surface area contributed by atoms with Crippen LogP contribution in [0.15, 0.2) is 5.38 Å². The summed E-state index contributed by atoms with van der Waals surface area (Å²) in [5, 5.41) is 2.96. The molecule has 1 aromatic heterocycles. The Bertz CT molecular complexity index is 358. The van der Waals surface area contributed by atoms with Crippen LogP contribution in [0.1, 0.15) is 23.5 Å². The summed E-state index contributed by atoms with van der Waals surface area (Å²) >= 11 is 1.59. The van der Waals surface area contributed by atoms with Crippen LogP contribution < -0.4 is 0 Å². The van der Waals surface area contributed by atoms with Crippen LogP contribution in [-0.4, -0.2) is 30.8 Å². The number of hydrogen-bond donors (Lipinski definition) is 0. The van der Waals surface area contributed by atoms with Gasteiger partial charge in [-0.1, -0.05) is 0 Å². The van der Waals surface area contributed by atoms with Crippen LogP contribution in [0.2, 0.25) is 0 Å². The lowest BCUT2D eigenvalue weighted by Crippen LogP contribution is -2.09. The number of hydrogen-bond acceptors (Lipinski definition) is 5. The van der Waals surface area contributed by atoms with Gasteiger partial charge in [0.2, 0.25) is 0 Å². The molecule has 1 atom stereocenters. The summed E-state index contributed by atoms with van der Waals surface area (Å²) in [7, 11) is 1.39. The minimum Gasteiger partial charge on any atom is -0.469 e. The second kappa shape index (κ2) is 5.41. The number of carbonyl (C=O) groups is 1. The normalized spacial score (nSPS) is 19.9. The average molecular weight is 241 g/mol. The second-order valence-corrected chi connectivity index (χ2v) is 4.77. The van der Waals surface area contributed by atoms with Crippen molar-refractivity contribution in [1.29, 1.82) is 0 Å². The molecule has 1 unspecified atom stereocenters. The molecule has 0 aromatic carbocycles. The molecular weight excluding hydrogens is 226 g/mol. The molecule has 0 saturated carbocycles. The Morgan fingerprint density at radius 2 is 2.62 bits per heavy atom. The molecule has 0 radical (unpaired) electrons. The van der Waals surface area contributed by atoms with E-state index in [0.717, 1.165) is 36.6 Å². The number of ether oxygens (including phenoxy) is 2. The number of thiazole rings is 1. The monoisotopic (exact) mass is 241 g/mol. The van der Waals surface area contributed by atoms with E-state index in [1.807, 2.05) is 5.38 Å². The zero-order valence-electron chi connectivity index (χ0n) is 9.27. The fourth-order valence-corrected chi connectivity index (χ4v) is 2.60. The van der Waals surface area contributed by atoms with Gasteiger partial charge in [0.05, 0.1) is 30.3 Å². The molecule has 1 aliphatic rings. The number of methoxy groups -OCH3 is 1. The third-order valence-corrected chi connectivity index (χ3v) is 3.50. The lowest BCUT2D eigenvalue weighted by Gasteiger charge is -2.05. The molecule has 1 aromatic rings. The first kappa shape index (κ1) is 11.5. The smallest absolute Gasteiger partial charge is 0.311 e. The lowest BCUT2D eigenvalue weighted by atomic mass is 10.2. The highest BCUT2D eigenvalue weighted by Crippen LogP contribution is 2.19. The van der Waals surface area contributed by atoms with E-state index in [1.165, 1.54) is 7.11 Å². The first-order valence-corrected chi connectivity index (χ1v) is 6.27. The van der Waals surface area contributed by atoms with E-state index >= 15 is 0 Å². The number of aromatic nitrogens is 1. The Morgan fingerprint density at radius 1 is 1.75 bits per heavy atom. The predicted octanol–water partition coefficient (Wildman–Crippen LogP) is 1.58. The summed E-state index contributed by atoms with van der Waals surface area (Å²) in [5.74, 6) is -0.242. The van der Waals surface area contributed by atoms with E-state index in [-0.39, 0.29) is 12.4 Å². The molecule has 1 fully saturated rings. The zero-order chi connectivity index (χ0) is 11.4. The molecule has 0 aliphatic carbocycles. The summed E-state index contributed by atoms with van der Waals surface area (Å²) in [4.78, 5) is 15.5. The van der Waals surface area contributed by atoms with Crippen molar-refractivity contribution in [2.75, 3.05) is 13.7 Å². The van der Waals surface area contributed by atoms with Gasteiger partial charge >= 0.3 is 5.97 Å². The third-order valence-electron chi connectivity index (χ3n) is 2.58. The van der Waals surface area contributed by atoms with Crippen LogP contribution in [-0.2, 0) is 27.1 Å². The summed E-state index contributed by atoms with van der Waals surface area (Å²) in [6.07, 6.45) is 3.71. The molecule has 88 valence electrons. The topological polar surface area (TPSA) is 48.4 Å². The fourth-order valence-electron chi connectivity index (χ4n) is 1.74. The van der Waals surface area contributed by atoms with E-state index in [2.05, 4.69) is 9.72 Å². The Kier molecular flexibility index (Phi) is 3.90. The van der Waals surface area contributed by atoms with Crippen LogP contribution in [0.25, 0.3) is 0 Å². The second-order valence-electron chi connectivity index (χ2n) is 3.82. The SMILES string of the molecule is COC(=O)Cc1csc(CC2CCCO2)n1. The molecule has 0 spiro atoms. The van der Waals surface area contributed by atoms with Crippen molar-refractivity contribution >= 4 is 17.3 Å². The van der Waals surface area contributed by atoms with Crippen molar-refractivity contribution in [3.05, 3.63) is 16.1 Å². The fraction of sp³-hybridized carbons (Fsp3) is 0.636. The summed E-state index contributed by atoms with van der Waals surface area (Å²) in [6.45, 7) is 0.866. The Morgan fingerprint density at radius 3 is 3.31 bits per heavy atom. The van der Waals surface area contributed by atoms with Crippen LogP contribution in [0.3, 0.4) is 0 Å². The molecule has 0 bridgehead atoms. The predicted molar refractivity (Wildman–Crippen MR) is 60.5 cm³/mol. The van der Waals surface area contributed by atoms with Gasteiger partial charge < -0.3 is 9.47 Å². The van der Waals surface area contributed by atoms with Crippen LogP contribution in [0.4, 0.5) is 0 Å². The molecule has 5 heteroatoms. The van der Waals surface area contributed by atoms with Crippen LogP contribution in [0.5, 0.6) is 0 Å². The van der Waals surface area contributed by atoms with Gasteiger partial charge in [0.15, 0.2) is 0 Å². The number of nitrogens with zero attached hydrogens (tertiary/aromatic N) is 1. The first-order chi connectivity index (χ1) is 7.78. The molecular formula is C11H15NO3S. The number of rotatable bonds is 4. The van der Waals surface area contributed by atoms with Crippen LogP contribution >= 0.6 is 11.3 Å². The largest absolute Gasteiger partial charge is 0.469 e. The van der Waals surface area contributed by atoms with Crippen molar-refractivity contribution in [2.45, 2.75) is 31.8 Å². The summed E-state index contributed by atoms with van der Waals surface area (Å²) < 4.78 is 10.1. The highest BCUT2D eigenvalue weighted by Gasteiger charge is 2.18. The van der Waals surface area contributed by atoms with Crippen molar-refractivity contribution in [3.63, 3.8) is 0 Å². The molecule has 2 heterocycles. The number of esters is 1. The van der Waals surface area contributed by atoms with Gasteiger partial charge in [-0.05, 0) is 12.8 Å². The highest BCUT2D eigenvalue weighted by molar-refractivity contribution is 7.09. The molecule has 1 aliphatic heterocycles. The third kappa shape index (κ3) is 3.02. The Hall–Kier alpha value is -0.940. The van der Waals surface area contributed by atoms with Crippen molar-refractivity contribution < 1.29 is 14.3 Å². The maximum Gasteiger partial charge on any atom is 0.311 e. The minimum absolute atomic E-state index is 0.242. The molecule has 1 saturated heterocycles. The van der Waals surface area contributed by atoms with Crippen molar-refractivity contribution in [3.8, 4) is 0 Å². The van der Waals surface area contributed by atoms with E-state index in [9.17, 15) is 4.79 Å². The van der Waals surface area contributed by atoms with Crippen molar-refractivity contribution in [2.24, 2.45) is 0 Å². The highest BCUT2D eigenvalue weighted by atomic mass is 32.1. The molecule has 4 nitrogen and oxygen atoms in total. The van der Waals surface area contributed by atoms with E-state index in [0.29, 0.717) is 6.10 Å². The van der Waals surface area contributed by atoms with Crippen LogP contribution in [0, 0.1) is 0 Å². The van der Waals surface area contributed by atoms with E-state index < -0.39 is 0 Å². The summed E-state index contributed by atoms with van der Waals surface area (Å²) in [6, 6.07) is 0. The number of carbonyl (C=O) groups excluding carboxylic acids is 1. The molecule has 16 heavy (non-hydrogen) atoms. The standard InChI is InChI=1S/C11H15NO3S/c1-14-11(13)5-8-7-16-10(12-8)6-9-3-2-4-15-9/h7,9H,2-6H2,1H3. The summed E-state index contributed by atoms with van der Waals surface area (Å²) in [5.41, 5.74) is 0.796. The molecule has 2 rings (SSSR count). The lowest BCUT2D eigenvalue weighted by molar-refractivity contribution is -0.139. The molecule has 0 N–H and O–H groups in total. The maximum atomic E-state index is 11.1. The van der Waals surface area contributed by atoms with Gasteiger partial charge in [-0.15, -0.1) is 11.3 Å². The Balaban J connectivity index is 1.88. The van der Waals surface area contributed by atoms with E-state index in [4.69, 9.17) is 4.74 Å². The van der Waals surface area contributed by atoms with Crippen molar-refractivity contribution in [1.82, 2.24) is 4.98 Å². The van der Waals surface area contributed by atoms with Gasteiger partial charge in [0.25, 0.3) is 0 Å². The maximum absolute atomic E-state index is 11.1. The Labute approximate surface area is 98.6 Å². The zero-order valence-corrected chi connectivity index (χ0v) is 10.1. The quantitative estimate of drug-likeness (QED) is 0.751. The minimum atomic E-state index is -0.242. The van der Waals surface area contributed by atoms with Gasteiger partial charge in [-0.3, -0.25) is 4.79 Å².